The summed E-state index contributed by atoms with van der Waals surface area (Å²) in [7, 11) is 1.45. The molecule has 0 aliphatic heterocycles. The molecular formula is C27H25N3O5. The van der Waals surface area contributed by atoms with Gasteiger partial charge in [0.25, 0.3) is 11.8 Å². The number of anilines is 2. The van der Waals surface area contributed by atoms with Crippen molar-refractivity contribution in [3.63, 3.8) is 0 Å². The van der Waals surface area contributed by atoms with E-state index >= 15 is 0 Å². The highest BCUT2D eigenvalue weighted by Crippen LogP contribution is 2.29. The minimum Gasteiger partial charge on any atom is -0.508 e. The molecule has 0 radical (unpaired) electrons. The van der Waals surface area contributed by atoms with Crippen molar-refractivity contribution in [1.29, 1.82) is 5.26 Å². The minimum absolute atomic E-state index is 0.0659. The van der Waals surface area contributed by atoms with Gasteiger partial charge in [0.2, 0.25) is 0 Å². The van der Waals surface area contributed by atoms with Gasteiger partial charge in [0, 0.05) is 11.4 Å². The normalized spacial score (nSPS) is 10.7. The lowest BCUT2D eigenvalue weighted by Gasteiger charge is -2.12. The molecule has 35 heavy (non-hydrogen) atoms. The van der Waals surface area contributed by atoms with Crippen molar-refractivity contribution in [1.82, 2.24) is 0 Å². The van der Waals surface area contributed by atoms with Crippen molar-refractivity contribution in [3.8, 4) is 23.3 Å². The predicted molar refractivity (Wildman–Crippen MR) is 133 cm³/mol. The number of nitriles is 1. The monoisotopic (exact) mass is 471 g/mol. The predicted octanol–water partition coefficient (Wildman–Crippen LogP) is 4.58. The first-order valence-electron chi connectivity index (χ1n) is 10.7. The van der Waals surface area contributed by atoms with Crippen LogP contribution in [0.5, 0.6) is 17.2 Å². The number of ether oxygens (including phenoxy) is 2. The van der Waals surface area contributed by atoms with Crippen molar-refractivity contribution < 1.29 is 24.2 Å². The number of amides is 2. The van der Waals surface area contributed by atoms with Crippen molar-refractivity contribution >= 4 is 29.3 Å². The van der Waals surface area contributed by atoms with Crippen molar-refractivity contribution in [2.24, 2.45) is 0 Å². The molecule has 0 spiro atoms. The van der Waals surface area contributed by atoms with Crippen LogP contribution >= 0.6 is 0 Å². The Kier molecular flexibility index (Phi) is 8.09. The summed E-state index contributed by atoms with van der Waals surface area (Å²) in [6.07, 6.45) is 1.41. The Hall–Kier alpha value is -4.77. The first-order chi connectivity index (χ1) is 16.8. The summed E-state index contributed by atoms with van der Waals surface area (Å²) in [5, 5.41) is 24.2. The molecule has 3 aromatic rings. The third kappa shape index (κ3) is 6.85. The number of carbonyl (C=O) groups is 2. The molecule has 0 unspecified atom stereocenters. The number of phenols is 1. The molecule has 2 amide bonds. The number of phenolic OH excluding ortho intramolecular Hbond substituents is 1. The number of hydrogen-bond donors (Lipinski definition) is 3. The van der Waals surface area contributed by atoms with Gasteiger partial charge in [0.1, 0.15) is 17.4 Å². The molecule has 0 aliphatic carbocycles. The number of methoxy groups -OCH3 is 1. The van der Waals surface area contributed by atoms with E-state index in [-0.39, 0.29) is 23.8 Å². The number of aryl methyl sites for hydroxylation is 2. The zero-order chi connectivity index (χ0) is 25.4. The van der Waals surface area contributed by atoms with Crippen LogP contribution < -0.4 is 20.1 Å². The third-order valence-electron chi connectivity index (χ3n) is 5.14. The molecule has 0 saturated heterocycles. The standard InChI is InChI=1S/C27H25N3O5/c1-17-4-6-22(12-18(17)2)29-26(32)16-35-24-11-5-19(14-25(24)34-3)13-20(15-28)27(33)30-21-7-9-23(31)10-8-21/h4-14,31H,16H2,1-3H3,(H,29,32)(H,30,33)/b20-13+. The van der Waals surface area contributed by atoms with Crippen LogP contribution in [0.25, 0.3) is 6.08 Å². The Morgan fingerprint density at radius 2 is 1.66 bits per heavy atom. The highest BCUT2D eigenvalue weighted by molar-refractivity contribution is 6.09. The molecule has 3 aromatic carbocycles. The topological polar surface area (TPSA) is 121 Å². The van der Waals surface area contributed by atoms with Crippen molar-refractivity contribution in [2.75, 3.05) is 24.4 Å². The zero-order valence-electron chi connectivity index (χ0n) is 19.6. The van der Waals surface area contributed by atoms with Gasteiger partial charge in [-0.05, 0) is 85.1 Å². The summed E-state index contributed by atoms with van der Waals surface area (Å²) in [6.45, 7) is 3.74. The first-order valence-corrected chi connectivity index (χ1v) is 10.7. The Morgan fingerprint density at radius 1 is 0.943 bits per heavy atom. The van der Waals surface area contributed by atoms with E-state index in [9.17, 15) is 20.0 Å². The van der Waals surface area contributed by atoms with E-state index in [0.717, 1.165) is 11.1 Å². The minimum atomic E-state index is -0.597. The van der Waals surface area contributed by atoms with Crippen LogP contribution in [0, 0.1) is 25.2 Å². The van der Waals surface area contributed by atoms with Crippen LogP contribution in [-0.2, 0) is 9.59 Å². The third-order valence-corrected chi connectivity index (χ3v) is 5.14. The smallest absolute Gasteiger partial charge is 0.266 e. The fourth-order valence-electron chi connectivity index (χ4n) is 3.11. The quantitative estimate of drug-likeness (QED) is 0.251. The van der Waals surface area contributed by atoms with Crippen LogP contribution in [0.3, 0.4) is 0 Å². The van der Waals surface area contributed by atoms with Gasteiger partial charge in [-0.1, -0.05) is 12.1 Å². The van der Waals surface area contributed by atoms with Crippen LogP contribution in [0.1, 0.15) is 16.7 Å². The van der Waals surface area contributed by atoms with E-state index in [4.69, 9.17) is 9.47 Å². The summed E-state index contributed by atoms with van der Waals surface area (Å²) in [5.74, 6) is -0.172. The summed E-state index contributed by atoms with van der Waals surface area (Å²) in [4.78, 5) is 24.8. The zero-order valence-corrected chi connectivity index (χ0v) is 19.6. The maximum Gasteiger partial charge on any atom is 0.266 e. The van der Waals surface area contributed by atoms with Crippen molar-refractivity contribution in [2.45, 2.75) is 13.8 Å². The van der Waals surface area contributed by atoms with E-state index in [1.54, 1.807) is 18.2 Å². The number of nitrogens with one attached hydrogen (secondary N) is 2. The van der Waals surface area contributed by atoms with Crippen LogP contribution in [-0.4, -0.2) is 30.6 Å². The maximum atomic E-state index is 12.5. The van der Waals surface area contributed by atoms with Gasteiger partial charge in [0.15, 0.2) is 18.1 Å². The molecule has 0 bridgehead atoms. The van der Waals surface area contributed by atoms with Gasteiger partial charge in [0.05, 0.1) is 7.11 Å². The number of rotatable bonds is 8. The van der Waals surface area contributed by atoms with E-state index in [0.29, 0.717) is 28.4 Å². The summed E-state index contributed by atoms with van der Waals surface area (Å²) < 4.78 is 11.0. The number of nitrogens with zero attached hydrogens (tertiary/aromatic N) is 1. The lowest BCUT2D eigenvalue weighted by molar-refractivity contribution is -0.118. The van der Waals surface area contributed by atoms with E-state index in [2.05, 4.69) is 10.6 Å². The van der Waals surface area contributed by atoms with Crippen LogP contribution in [0.2, 0.25) is 0 Å². The lowest BCUT2D eigenvalue weighted by Crippen LogP contribution is -2.20. The molecule has 0 aromatic heterocycles. The molecule has 8 heteroatoms. The average molecular weight is 472 g/mol. The molecule has 0 aliphatic rings. The fraction of sp³-hybridized carbons (Fsp3) is 0.148. The molecule has 3 N–H and O–H groups in total. The molecule has 3 rings (SSSR count). The summed E-state index contributed by atoms with van der Waals surface area (Å²) in [5.41, 5.74) is 3.74. The lowest BCUT2D eigenvalue weighted by atomic mass is 10.1. The molecule has 0 heterocycles. The van der Waals surface area contributed by atoms with Gasteiger partial charge >= 0.3 is 0 Å². The number of benzene rings is 3. The Labute approximate surface area is 203 Å². The molecule has 0 atom stereocenters. The number of aromatic hydroxyl groups is 1. The Morgan fingerprint density at radius 3 is 2.31 bits per heavy atom. The SMILES string of the molecule is COc1cc(/C=C(\C#N)C(=O)Nc2ccc(O)cc2)ccc1OCC(=O)Nc1ccc(C)c(C)c1. The highest BCUT2D eigenvalue weighted by Gasteiger charge is 2.12. The van der Waals surface area contributed by atoms with Gasteiger partial charge in [-0.25, -0.2) is 0 Å². The van der Waals surface area contributed by atoms with E-state index < -0.39 is 5.91 Å². The first kappa shape index (κ1) is 24.9. The van der Waals surface area contributed by atoms with Gasteiger partial charge < -0.3 is 25.2 Å². The second-order valence-electron chi connectivity index (χ2n) is 7.72. The Bertz CT molecular complexity index is 1310. The largest absolute Gasteiger partial charge is 0.508 e. The van der Waals surface area contributed by atoms with Crippen LogP contribution in [0.4, 0.5) is 11.4 Å². The van der Waals surface area contributed by atoms with Gasteiger partial charge in [-0.2, -0.15) is 5.26 Å². The number of carbonyl (C=O) groups excluding carboxylic acids is 2. The number of hydrogen-bond acceptors (Lipinski definition) is 6. The van der Waals surface area contributed by atoms with E-state index in [1.807, 2.05) is 38.1 Å². The second-order valence-corrected chi connectivity index (χ2v) is 7.72. The molecular weight excluding hydrogens is 446 g/mol. The highest BCUT2D eigenvalue weighted by atomic mass is 16.5. The van der Waals surface area contributed by atoms with Crippen molar-refractivity contribution in [3.05, 3.63) is 82.9 Å². The summed E-state index contributed by atoms with van der Waals surface area (Å²) in [6, 6.07) is 18.3. The molecule has 178 valence electrons. The molecule has 8 nitrogen and oxygen atoms in total. The second kappa shape index (κ2) is 11.4. The molecule has 0 fully saturated rings. The summed E-state index contributed by atoms with van der Waals surface area (Å²) >= 11 is 0. The average Bonchev–Trinajstić information content (AvgIpc) is 2.85. The van der Waals surface area contributed by atoms with Crippen LogP contribution in [0.15, 0.2) is 66.2 Å². The van der Waals surface area contributed by atoms with E-state index in [1.165, 1.54) is 37.5 Å². The van der Waals surface area contributed by atoms with Gasteiger partial charge in [-0.3, -0.25) is 9.59 Å². The maximum absolute atomic E-state index is 12.5. The fourth-order valence-corrected chi connectivity index (χ4v) is 3.11. The van der Waals surface area contributed by atoms with Gasteiger partial charge in [-0.15, -0.1) is 0 Å². The molecule has 0 saturated carbocycles. The Balaban J connectivity index is 1.67.